The molecule has 16 heavy (non-hydrogen) atoms. The molecule has 0 aromatic heterocycles. The van der Waals surface area contributed by atoms with Gasteiger partial charge in [-0.15, -0.1) is 0 Å². The molecule has 1 atom stereocenters. The van der Waals surface area contributed by atoms with Crippen molar-refractivity contribution in [3.8, 4) is 0 Å². The average Bonchev–Trinajstić information content (AvgIpc) is 2.35. The third-order valence-electron chi connectivity index (χ3n) is 3.21. The lowest BCUT2D eigenvalue weighted by molar-refractivity contribution is 0.211. The minimum Gasteiger partial charge on any atom is -0.329 e. The lowest BCUT2D eigenvalue weighted by Gasteiger charge is -2.28. The standard InChI is InChI=1S/C14H24N2/c1-3-16(4-2)14(12-15)11-10-13-8-6-5-7-9-13/h5-9,14H,3-4,10-12,15H2,1-2H3. The Bertz CT molecular complexity index is 267. The molecule has 0 radical (unpaired) electrons. The second-order valence-electron chi connectivity index (χ2n) is 4.14. The van der Waals surface area contributed by atoms with E-state index in [0.717, 1.165) is 32.5 Å². The molecule has 0 aliphatic carbocycles. The molecule has 0 amide bonds. The molecule has 0 fully saturated rings. The van der Waals surface area contributed by atoms with Crippen molar-refractivity contribution < 1.29 is 0 Å². The van der Waals surface area contributed by atoms with Crippen LogP contribution in [-0.2, 0) is 6.42 Å². The van der Waals surface area contributed by atoms with Crippen molar-refractivity contribution >= 4 is 0 Å². The largest absolute Gasteiger partial charge is 0.329 e. The van der Waals surface area contributed by atoms with Crippen molar-refractivity contribution in [3.63, 3.8) is 0 Å². The van der Waals surface area contributed by atoms with Crippen molar-refractivity contribution in [3.05, 3.63) is 35.9 Å². The Morgan fingerprint density at radius 3 is 2.25 bits per heavy atom. The van der Waals surface area contributed by atoms with Crippen LogP contribution in [0.4, 0.5) is 0 Å². The van der Waals surface area contributed by atoms with E-state index in [-0.39, 0.29) is 0 Å². The summed E-state index contributed by atoms with van der Waals surface area (Å²) >= 11 is 0. The Labute approximate surface area is 99.5 Å². The van der Waals surface area contributed by atoms with Gasteiger partial charge in [0.05, 0.1) is 0 Å². The lowest BCUT2D eigenvalue weighted by Crippen LogP contribution is -2.40. The Morgan fingerprint density at radius 1 is 1.12 bits per heavy atom. The normalized spacial score (nSPS) is 13.0. The monoisotopic (exact) mass is 220 g/mol. The summed E-state index contributed by atoms with van der Waals surface area (Å²) in [7, 11) is 0. The molecule has 1 aromatic carbocycles. The van der Waals surface area contributed by atoms with Crippen molar-refractivity contribution in [2.24, 2.45) is 5.73 Å². The molecule has 2 heteroatoms. The molecule has 1 rings (SSSR count). The van der Waals surface area contributed by atoms with E-state index >= 15 is 0 Å². The van der Waals surface area contributed by atoms with Gasteiger partial charge in [-0.05, 0) is 31.5 Å². The van der Waals surface area contributed by atoms with Crippen molar-refractivity contribution in [1.29, 1.82) is 0 Å². The first-order valence-corrected chi connectivity index (χ1v) is 6.29. The Balaban J connectivity index is 2.45. The summed E-state index contributed by atoms with van der Waals surface area (Å²) in [6, 6.07) is 11.2. The topological polar surface area (TPSA) is 29.3 Å². The van der Waals surface area contributed by atoms with Crippen molar-refractivity contribution in [2.45, 2.75) is 32.7 Å². The van der Waals surface area contributed by atoms with Crippen LogP contribution in [0.25, 0.3) is 0 Å². The van der Waals surface area contributed by atoms with Crippen LogP contribution in [0.15, 0.2) is 30.3 Å². The van der Waals surface area contributed by atoms with Gasteiger partial charge in [-0.1, -0.05) is 44.2 Å². The number of likely N-dealkylation sites (N-methyl/N-ethyl adjacent to an activating group) is 1. The summed E-state index contributed by atoms with van der Waals surface area (Å²) in [4.78, 5) is 2.45. The Morgan fingerprint density at radius 2 is 1.75 bits per heavy atom. The van der Waals surface area contributed by atoms with Crippen molar-refractivity contribution in [2.75, 3.05) is 19.6 Å². The number of hydrogen-bond donors (Lipinski definition) is 1. The fourth-order valence-corrected chi connectivity index (χ4v) is 2.17. The molecule has 0 heterocycles. The second-order valence-corrected chi connectivity index (χ2v) is 4.14. The summed E-state index contributed by atoms with van der Waals surface area (Å²) in [5.74, 6) is 0. The molecule has 0 aliphatic rings. The van der Waals surface area contributed by atoms with Gasteiger partial charge in [0.2, 0.25) is 0 Å². The van der Waals surface area contributed by atoms with E-state index in [0.29, 0.717) is 6.04 Å². The van der Waals surface area contributed by atoms with Gasteiger partial charge < -0.3 is 5.73 Å². The molecular weight excluding hydrogens is 196 g/mol. The first-order valence-electron chi connectivity index (χ1n) is 6.29. The summed E-state index contributed by atoms with van der Waals surface area (Å²) in [5, 5.41) is 0. The fourth-order valence-electron chi connectivity index (χ4n) is 2.17. The summed E-state index contributed by atoms with van der Waals surface area (Å²) in [5.41, 5.74) is 7.26. The SMILES string of the molecule is CCN(CC)C(CN)CCc1ccccc1. The quantitative estimate of drug-likeness (QED) is 0.764. The number of aryl methyl sites for hydroxylation is 1. The molecule has 0 bridgehead atoms. The van der Waals surface area contributed by atoms with Crippen LogP contribution in [0.5, 0.6) is 0 Å². The van der Waals surface area contributed by atoms with Gasteiger partial charge in [-0.3, -0.25) is 4.90 Å². The van der Waals surface area contributed by atoms with E-state index in [1.807, 2.05) is 0 Å². The zero-order valence-electron chi connectivity index (χ0n) is 10.5. The van der Waals surface area contributed by atoms with Crippen LogP contribution < -0.4 is 5.73 Å². The second kappa shape index (κ2) is 7.42. The summed E-state index contributed by atoms with van der Waals surface area (Å²) < 4.78 is 0. The number of hydrogen-bond acceptors (Lipinski definition) is 2. The first kappa shape index (κ1) is 13.2. The van der Waals surface area contributed by atoms with Crippen LogP contribution >= 0.6 is 0 Å². The molecule has 0 spiro atoms. The highest BCUT2D eigenvalue weighted by Crippen LogP contribution is 2.09. The molecule has 2 nitrogen and oxygen atoms in total. The van der Waals surface area contributed by atoms with Crippen molar-refractivity contribution in [1.82, 2.24) is 4.90 Å². The fraction of sp³-hybridized carbons (Fsp3) is 0.571. The number of nitrogens with two attached hydrogens (primary N) is 1. The third kappa shape index (κ3) is 3.95. The van der Waals surface area contributed by atoms with Gasteiger partial charge in [0, 0.05) is 12.6 Å². The molecule has 0 aliphatic heterocycles. The number of nitrogens with zero attached hydrogens (tertiary/aromatic N) is 1. The lowest BCUT2D eigenvalue weighted by atomic mass is 10.0. The highest BCUT2D eigenvalue weighted by molar-refractivity contribution is 5.14. The van der Waals surface area contributed by atoms with Crippen LogP contribution in [-0.4, -0.2) is 30.6 Å². The molecule has 2 N–H and O–H groups in total. The van der Waals surface area contributed by atoms with Crippen LogP contribution in [0.3, 0.4) is 0 Å². The van der Waals surface area contributed by atoms with Gasteiger partial charge in [-0.2, -0.15) is 0 Å². The first-order chi connectivity index (χ1) is 7.81. The minimum absolute atomic E-state index is 0.523. The van der Waals surface area contributed by atoms with E-state index in [1.54, 1.807) is 0 Å². The predicted octanol–water partition coefficient (Wildman–Crippen LogP) is 2.29. The maximum Gasteiger partial charge on any atom is 0.0221 e. The Hall–Kier alpha value is -0.860. The van der Waals surface area contributed by atoms with Gasteiger partial charge in [0.25, 0.3) is 0 Å². The maximum absolute atomic E-state index is 5.85. The van der Waals surface area contributed by atoms with Crippen LogP contribution in [0.2, 0.25) is 0 Å². The summed E-state index contributed by atoms with van der Waals surface area (Å²) in [6.45, 7) is 7.35. The Kier molecular flexibility index (Phi) is 6.12. The molecule has 90 valence electrons. The van der Waals surface area contributed by atoms with Gasteiger partial charge in [0.1, 0.15) is 0 Å². The van der Waals surface area contributed by atoms with Gasteiger partial charge in [-0.25, -0.2) is 0 Å². The molecule has 1 aromatic rings. The predicted molar refractivity (Wildman–Crippen MR) is 70.5 cm³/mol. The maximum atomic E-state index is 5.85. The number of benzene rings is 1. The smallest absolute Gasteiger partial charge is 0.0221 e. The van der Waals surface area contributed by atoms with Gasteiger partial charge in [0.15, 0.2) is 0 Å². The van der Waals surface area contributed by atoms with Crippen LogP contribution in [0, 0.1) is 0 Å². The van der Waals surface area contributed by atoms with Gasteiger partial charge >= 0.3 is 0 Å². The highest BCUT2D eigenvalue weighted by atomic mass is 15.1. The molecule has 1 unspecified atom stereocenters. The molecular formula is C14H24N2. The molecule has 0 saturated carbocycles. The third-order valence-corrected chi connectivity index (χ3v) is 3.21. The number of rotatable bonds is 7. The highest BCUT2D eigenvalue weighted by Gasteiger charge is 2.13. The van der Waals surface area contributed by atoms with Crippen LogP contribution in [0.1, 0.15) is 25.8 Å². The minimum atomic E-state index is 0.523. The van der Waals surface area contributed by atoms with E-state index < -0.39 is 0 Å². The van der Waals surface area contributed by atoms with E-state index in [9.17, 15) is 0 Å². The van der Waals surface area contributed by atoms with E-state index in [2.05, 4.69) is 49.1 Å². The van der Waals surface area contributed by atoms with E-state index in [4.69, 9.17) is 5.73 Å². The average molecular weight is 220 g/mol. The molecule has 0 saturated heterocycles. The zero-order valence-corrected chi connectivity index (χ0v) is 10.5. The zero-order chi connectivity index (χ0) is 11.8. The van der Waals surface area contributed by atoms with E-state index in [1.165, 1.54) is 5.56 Å². The summed E-state index contributed by atoms with van der Waals surface area (Å²) in [6.07, 6.45) is 2.28.